The van der Waals surface area contributed by atoms with Crippen LogP contribution in [0.25, 0.3) is 0 Å². The molecule has 1 saturated carbocycles. The van der Waals surface area contributed by atoms with Crippen molar-refractivity contribution >= 4 is 18.3 Å². The first-order valence-electron chi connectivity index (χ1n) is 6.37. The van der Waals surface area contributed by atoms with Crippen LogP contribution in [0.3, 0.4) is 0 Å². The molecular weight excluding hydrogens is 256 g/mol. The molecule has 0 bridgehead atoms. The summed E-state index contributed by atoms with van der Waals surface area (Å²) in [6.07, 6.45) is 2.79. The van der Waals surface area contributed by atoms with E-state index in [0.717, 1.165) is 39.0 Å². The van der Waals surface area contributed by atoms with E-state index in [1.54, 1.807) is 7.11 Å². The van der Waals surface area contributed by atoms with Crippen molar-refractivity contribution in [2.75, 3.05) is 33.4 Å². The van der Waals surface area contributed by atoms with Gasteiger partial charge in [0.15, 0.2) is 0 Å². The third kappa shape index (κ3) is 3.82. The van der Waals surface area contributed by atoms with E-state index in [2.05, 4.69) is 0 Å². The van der Waals surface area contributed by atoms with Gasteiger partial charge in [0.2, 0.25) is 0 Å². The maximum absolute atomic E-state index is 12.3. The summed E-state index contributed by atoms with van der Waals surface area (Å²) >= 11 is 0. The quantitative estimate of drug-likeness (QED) is 0.764. The molecule has 2 unspecified atom stereocenters. The van der Waals surface area contributed by atoms with Crippen molar-refractivity contribution in [2.24, 2.45) is 11.7 Å². The lowest BCUT2D eigenvalue weighted by Crippen LogP contribution is -2.46. The van der Waals surface area contributed by atoms with Gasteiger partial charge in [0.25, 0.3) is 5.91 Å². The first kappa shape index (κ1) is 15.7. The van der Waals surface area contributed by atoms with Gasteiger partial charge in [-0.3, -0.25) is 4.79 Å². The number of nitrogens with zero attached hydrogens (tertiary/aromatic N) is 1. The Labute approximate surface area is 114 Å². The second kappa shape index (κ2) is 7.28. The van der Waals surface area contributed by atoms with Crippen LogP contribution in [-0.4, -0.2) is 56.4 Å². The van der Waals surface area contributed by atoms with E-state index in [4.69, 9.17) is 15.2 Å². The van der Waals surface area contributed by atoms with Gasteiger partial charge in [0.05, 0.1) is 6.61 Å². The van der Waals surface area contributed by atoms with Crippen molar-refractivity contribution in [3.63, 3.8) is 0 Å². The minimum atomic E-state index is -0.488. The Bertz CT molecular complexity index is 264. The van der Waals surface area contributed by atoms with Gasteiger partial charge in [0.1, 0.15) is 6.10 Å². The topological polar surface area (TPSA) is 64.8 Å². The van der Waals surface area contributed by atoms with E-state index in [1.165, 1.54) is 0 Å². The zero-order valence-electron chi connectivity index (χ0n) is 10.8. The summed E-state index contributed by atoms with van der Waals surface area (Å²) in [6, 6.07) is 0.410. The van der Waals surface area contributed by atoms with Crippen molar-refractivity contribution < 1.29 is 14.3 Å². The highest BCUT2D eigenvalue weighted by atomic mass is 35.5. The average Bonchev–Trinajstić information content (AvgIpc) is 3.05. The molecule has 2 fully saturated rings. The van der Waals surface area contributed by atoms with Crippen LogP contribution in [-0.2, 0) is 14.3 Å². The molecule has 2 rings (SSSR count). The number of halogens is 1. The standard InChI is InChI=1S/C12H22N2O3.ClH/c1-16-11(6-13)12(15)14(10-2-3-10)7-9-4-5-17-8-9;/h9-11H,2-8,13H2,1H3;1H. The maximum atomic E-state index is 12.3. The highest BCUT2D eigenvalue weighted by Gasteiger charge is 2.37. The molecule has 0 aromatic heterocycles. The van der Waals surface area contributed by atoms with Gasteiger partial charge in [0, 0.05) is 38.8 Å². The zero-order chi connectivity index (χ0) is 12.3. The lowest BCUT2D eigenvalue weighted by Gasteiger charge is -2.28. The number of carbonyl (C=O) groups excluding carboxylic acids is 1. The molecule has 1 heterocycles. The molecule has 1 aliphatic heterocycles. The predicted molar refractivity (Wildman–Crippen MR) is 70.8 cm³/mol. The van der Waals surface area contributed by atoms with Crippen LogP contribution < -0.4 is 5.73 Å². The number of amides is 1. The summed E-state index contributed by atoms with van der Waals surface area (Å²) in [4.78, 5) is 14.2. The summed E-state index contributed by atoms with van der Waals surface area (Å²) in [5.74, 6) is 0.527. The second-order valence-electron chi connectivity index (χ2n) is 4.91. The SMILES string of the molecule is COC(CN)C(=O)N(CC1CCOC1)C1CC1.Cl. The Hall–Kier alpha value is -0.360. The first-order valence-corrected chi connectivity index (χ1v) is 6.37. The lowest BCUT2D eigenvalue weighted by atomic mass is 10.1. The largest absolute Gasteiger partial charge is 0.381 e. The highest BCUT2D eigenvalue weighted by Crippen LogP contribution is 2.29. The average molecular weight is 279 g/mol. The number of hydrogen-bond acceptors (Lipinski definition) is 4. The molecule has 1 amide bonds. The fraction of sp³-hybridized carbons (Fsp3) is 0.917. The highest BCUT2D eigenvalue weighted by molar-refractivity contribution is 5.85. The number of rotatable bonds is 6. The van der Waals surface area contributed by atoms with Crippen LogP contribution in [0, 0.1) is 5.92 Å². The summed E-state index contributed by atoms with van der Waals surface area (Å²) in [5.41, 5.74) is 5.55. The molecule has 2 aliphatic rings. The molecule has 106 valence electrons. The van der Waals surface area contributed by atoms with Gasteiger partial charge in [-0.1, -0.05) is 0 Å². The van der Waals surface area contributed by atoms with E-state index < -0.39 is 6.10 Å². The monoisotopic (exact) mass is 278 g/mol. The van der Waals surface area contributed by atoms with E-state index in [1.807, 2.05) is 4.90 Å². The Morgan fingerprint density at radius 1 is 1.50 bits per heavy atom. The first-order chi connectivity index (χ1) is 8.26. The molecule has 0 aromatic carbocycles. The Morgan fingerprint density at radius 2 is 2.22 bits per heavy atom. The van der Waals surface area contributed by atoms with E-state index >= 15 is 0 Å². The minimum absolute atomic E-state index is 0. The van der Waals surface area contributed by atoms with Gasteiger partial charge in [-0.25, -0.2) is 0 Å². The van der Waals surface area contributed by atoms with Gasteiger partial charge in [-0.2, -0.15) is 0 Å². The zero-order valence-corrected chi connectivity index (χ0v) is 11.7. The molecule has 0 spiro atoms. The van der Waals surface area contributed by atoms with Crippen LogP contribution in [0.15, 0.2) is 0 Å². The number of hydrogen-bond donors (Lipinski definition) is 1. The molecule has 5 nitrogen and oxygen atoms in total. The van der Waals surface area contributed by atoms with Crippen molar-refractivity contribution in [3.8, 4) is 0 Å². The maximum Gasteiger partial charge on any atom is 0.253 e. The minimum Gasteiger partial charge on any atom is -0.381 e. The van der Waals surface area contributed by atoms with Crippen molar-refractivity contribution in [1.29, 1.82) is 0 Å². The molecule has 2 N–H and O–H groups in total. The fourth-order valence-electron chi connectivity index (χ4n) is 2.29. The Kier molecular flexibility index (Phi) is 6.35. The van der Waals surface area contributed by atoms with Crippen LogP contribution >= 0.6 is 12.4 Å². The molecule has 1 saturated heterocycles. The number of carbonyl (C=O) groups is 1. The molecule has 6 heteroatoms. The molecular formula is C12H23ClN2O3. The lowest BCUT2D eigenvalue weighted by molar-refractivity contribution is -0.142. The summed E-state index contributed by atoms with van der Waals surface area (Å²) in [6.45, 7) is 2.64. The summed E-state index contributed by atoms with van der Waals surface area (Å²) in [5, 5.41) is 0. The summed E-state index contributed by atoms with van der Waals surface area (Å²) < 4.78 is 10.5. The van der Waals surface area contributed by atoms with E-state index in [-0.39, 0.29) is 24.9 Å². The van der Waals surface area contributed by atoms with E-state index in [9.17, 15) is 4.79 Å². The molecule has 2 atom stereocenters. The number of methoxy groups -OCH3 is 1. The van der Waals surface area contributed by atoms with Crippen molar-refractivity contribution in [2.45, 2.75) is 31.4 Å². The smallest absolute Gasteiger partial charge is 0.253 e. The molecule has 0 aromatic rings. The number of ether oxygens (including phenoxy) is 2. The van der Waals surface area contributed by atoms with Crippen molar-refractivity contribution in [3.05, 3.63) is 0 Å². The van der Waals surface area contributed by atoms with Crippen LogP contribution in [0.4, 0.5) is 0 Å². The predicted octanol–water partition coefficient (Wildman–Crippen LogP) is 0.409. The van der Waals surface area contributed by atoms with Gasteiger partial charge in [-0.05, 0) is 19.3 Å². The van der Waals surface area contributed by atoms with Gasteiger partial charge in [-0.15, -0.1) is 12.4 Å². The van der Waals surface area contributed by atoms with Crippen LogP contribution in [0.5, 0.6) is 0 Å². The van der Waals surface area contributed by atoms with Crippen LogP contribution in [0.1, 0.15) is 19.3 Å². The third-order valence-corrected chi connectivity index (χ3v) is 3.52. The van der Waals surface area contributed by atoms with Gasteiger partial charge < -0.3 is 20.1 Å². The molecule has 1 aliphatic carbocycles. The fourth-order valence-corrected chi connectivity index (χ4v) is 2.29. The number of nitrogens with two attached hydrogens (primary N) is 1. The second-order valence-corrected chi connectivity index (χ2v) is 4.91. The van der Waals surface area contributed by atoms with Crippen molar-refractivity contribution in [1.82, 2.24) is 4.90 Å². The molecule has 0 radical (unpaired) electrons. The Morgan fingerprint density at radius 3 is 2.67 bits per heavy atom. The summed E-state index contributed by atoms with van der Waals surface area (Å²) in [7, 11) is 1.54. The normalized spacial score (nSPS) is 24.4. The van der Waals surface area contributed by atoms with E-state index in [0.29, 0.717) is 12.0 Å². The Balaban J connectivity index is 0.00000162. The van der Waals surface area contributed by atoms with Crippen LogP contribution in [0.2, 0.25) is 0 Å². The third-order valence-electron chi connectivity index (χ3n) is 3.52. The molecule has 18 heavy (non-hydrogen) atoms. The van der Waals surface area contributed by atoms with Gasteiger partial charge >= 0.3 is 0 Å².